The molecule has 2 aliphatic rings. The third-order valence-corrected chi connectivity index (χ3v) is 4.14. The summed E-state index contributed by atoms with van der Waals surface area (Å²) in [5.74, 6) is -1.21. The molecule has 118 valence electrons. The van der Waals surface area contributed by atoms with E-state index >= 15 is 0 Å². The van der Waals surface area contributed by atoms with Gasteiger partial charge < -0.3 is 20.1 Å². The van der Waals surface area contributed by atoms with Crippen molar-refractivity contribution in [3.05, 3.63) is 33.9 Å². The van der Waals surface area contributed by atoms with Crippen molar-refractivity contribution in [1.82, 2.24) is 0 Å². The zero-order valence-corrected chi connectivity index (χ0v) is 12.0. The van der Waals surface area contributed by atoms with Crippen molar-refractivity contribution < 1.29 is 19.2 Å². The second-order valence-electron chi connectivity index (χ2n) is 5.42. The van der Waals surface area contributed by atoms with Gasteiger partial charge in [-0.15, -0.1) is 0 Å². The van der Waals surface area contributed by atoms with Gasteiger partial charge in [0, 0.05) is 37.6 Å². The maximum Gasteiger partial charge on any atom is 0.293 e. The summed E-state index contributed by atoms with van der Waals surface area (Å²) in [6.07, 6.45) is 1.31. The molecule has 8 nitrogen and oxygen atoms in total. The number of nitrogens with two attached hydrogens (primary N) is 1. The fourth-order valence-corrected chi connectivity index (χ4v) is 2.96. The van der Waals surface area contributed by atoms with Crippen LogP contribution in [0.15, 0.2) is 18.2 Å². The number of ether oxygens (including phenoxy) is 2. The van der Waals surface area contributed by atoms with Gasteiger partial charge in [-0.05, 0) is 12.1 Å². The van der Waals surface area contributed by atoms with Gasteiger partial charge in [0.05, 0.1) is 18.1 Å². The summed E-state index contributed by atoms with van der Waals surface area (Å²) in [6, 6.07) is 4.31. The van der Waals surface area contributed by atoms with Crippen LogP contribution in [0.4, 0.5) is 11.4 Å². The van der Waals surface area contributed by atoms with Crippen LogP contribution in [0.2, 0.25) is 0 Å². The van der Waals surface area contributed by atoms with E-state index in [1.54, 1.807) is 6.07 Å². The molecule has 2 heterocycles. The highest BCUT2D eigenvalue weighted by Crippen LogP contribution is 2.36. The quantitative estimate of drug-likeness (QED) is 0.660. The highest BCUT2D eigenvalue weighted by atomic mass is 16.7. The number of benzene rings is 1. The molecule has 3 rings (SSSR count). The fourth-order valence-electron chi connectivity index (χ4n) is 2.96. The Morgan fingerprint density at radius 2 is 1.91 bits per heavy atom. The third-order valence-electron chi connectivity index (χ3n) is 4.14. The number of carbonyl (C=O) groups is 1. The maximum atomic E-state index is 11.3. The van der Waals surface area contributed by atoms with E-state index in [9.17, 15) is 14.9 Å². The first-order chi connectivity index (χ1) is 10.5. The Morgan fingerprint density at radius 3 is 2.45 bits per heavy atom. The van der Waals surface area contributed by atoms with E-state index in [1.165, 1.54) is 12.1 Å². The molecule has 1 aromatic rings. The van der Waals surface area contributed by atoms with Gasteiger partial charge in [-0.1, -0.05) is 0 Å². The van der Waals surface area contributed by atoms with E-state index in [2.05, 4.69) is 0 Å². The van der Waals surface area contributed by atoms with Gasteiger partial charge in [0.2, 0.25) is 5.91 Å². The van der Waals surface area contributed by atoms with Crippen LogP contribution in [0.25, 0.3) is 0 Å². The molecule has 1 spiro atoms. The molecule has 0 aromatic heterocycles. The average molecular weight is 307 g/mol. The molecular weight excluding hydrogens is 290 g/mol. The molecule has 2 aliphatic heterocycles. The Morgan fingerprint density at radius 1 is 1.27 bits per heavy atom. The van der Waals surface area contributed by atoms with Crippen LogP contribution in [0.5, 0.6) is 0 Å². The van der Waals surface area contributed by atoms with Gasteiger partial charge in [-0.3, -0.25) is 14.9 Å². The van der Waals surface area contributed by atoms with Crippen molar-refractivity contribution in [2.24, 2.45) is 5.73 Å². The molecule has 0 saturated carbocycles. The van der Waals surface area contributed by atoms with Crippen LogP contribution in [0, 0.1) is 10.1 Å². The van der Waals surface area contributed by atoms with Crippen LogP contribution in [-0.4, -0.2) is 42.9 Å². The molecule has 0 aliphatic carbocycles. The number of rotatable bonds is 3. The van der Waals surface area contributed by atoms with E-state index < -0.39 is 16.6 Å². The monoisotopic (exact) mass is 307 g/mol. The van der Waals surface area contributed by atoms with Gasteiger partial charge in [-0.2, -0.15) is 0 Å². The zero-order valence-electron chi connectivity index (χ0n) is 12.0. The molecular formula is C14H17N3O5. The molecule has 1 amide bonds. The van der Waals surface area contributed by atoms with E-state index in [0.29, 0.717) is 44.8 Å². The van der Waals surface area contributed by atoms with Crippen molar-refractivity contribution >= 4 is 17.3 Å². The average Bonchev–Trinajstić information content (AvgIpc) is 2.95. The second-order valence-corrected chi connectivity index (χ2v) is 5.42. The minimum Gasteiger partial charge on any atom is -0.366 e. The molecule has 0 atom stereocenters. The third kappa shape index (κ3) is 2.62. The normalized spacial score (nSPS) is 20.3. The van der Waals surface area contributed by atoms with Crippen molar-refractivity contribution in [3.8, 4) is 0 Å². The molecule has 0 unspecified atom stereocenters. The van der Waals surface area contributed by atoms with Gasteiger partial charge in [0.1, 0.15) is 5.69 Å². The fraction of sp³-hybridized carbons (Fsp3) is 0.500. The van der Waals surface area contributed by atoms with Crippen LogP contribution in [0.3, 0.4) is 0 Å². The van der Waals surface area contributed by atoms with E-state index in [-0.39, 0.29) is 11.3 Å². The lowest BCUT2D eigenvalue weighted by Crippen LogP contribution is -2.45. The number of hydrogen-bond acceptors (Lipinski definition) is 6. The molecule has 22 heavy (non-hydrogen) atoms. The summed E-state index contributed by atoms with van der Waals surface area (Å²) in [6.45, 7) is 2.37. The van der Waals surface area contributed by atoms with Crippen LogP contribution < -0.4 is 10.6 Å². The van der Waals surface area contributed by atoms with Crippen LogP contribution in [0.1, 0.15) is 23.2 Å². The highest BCUT2D eigenvalue weighted by Gasteiger charge is 2.40. The van der Waals surface area contributed by atoms with Crippen LogP contribution >= 0.6 is 0 Å². The molecule has 0 radical (unpaired) electrons. The largest absolute Gasteiger partial charge is 0.366 e. The Balaban J connectivity index is 1.83. The van der Waals surface area contributed by atoms with Crippen molar-refractivity contribution in [2.75, 3.05) is 31.2 Å². The number of nitrogens with zero attached hydrogens (tertiary/aromatic N) is 2. The summed E-state index contributed by atoms with van der Waals surface area (Å²) >= 11 is 0. The summed E-state index contributed by atoms with van der Waals surface area (Å²) in [7, 11) is 0. The number of nitro benzene ring substituents is 1. The molecule has 8 heteroatoms. The Bertz CT molecular complexity index is 602. The number of nitro groups is 1. The molecule has 2 fully saturated rings. The summed E-state index contributed by atoms with van der Waals surface area (Å²) < 4.78 is 11.3. The van der Waals surface area contributed by atoms with Gasteiger partial charge in [0.25, 0.3) is 5.69 Å². The number of piperidine rings is 1. The molecule has 2 N–H and O–H groups in total. The Kier molecular flexibility index (Phi) is 3.71. The first-order valence-corrected chi connectivity index (χ1v) is 7.12. The van der Waals surface area contributed by atoms with Crippen molar-refractivity contribution in [2.45, 2.75) is 18.6 Å². The van der Waals surface area contributed by atoms with Crippen molar-refractivity contribution in [1.29, 1.82) is 0 Å². The highest BCUT2D eigenvalue weighted by molar-refractivity contribution is 5.94. The van der Waals surface area contributed by atoms with E-state index in [0.717, 1.165) is 0 Å². The number of anilines is 1. The maximum absolute atomic E-state index is 11.3. The Labute approximate surface area is 126 Å². The summed E-state index contributed by atoms with van der Waals surface area (Å²) in [5, 5.41) is 11.3. The number of hydrogen-bond donors (Lipinski definition) is 1. The zero-order chi connectivity index (χ0) is 15.7. The topological polar surface area (TPSA) is 108 Å². The second kappa shape index (κ2) is 5.54. The standard InChI is InChI=1S/C14H17N3O5/c15-13(18)10-1-2-11(12(9-10)17(19)20)16-5-3-14(4-6-16)21-7-8-22-14/h1-2,9H,3-8H2,(H2,15,18). The predicted molar refractivity (Wildman–Crippen MR) is 77.7 cm³/mol. The predicted octanol–water partition coefficient (Wildman–Crippen LogP) is 1.04. The minimum atomic E-state index is -0.681. The SMILES string of the molecule is NC(=O)c1ccc(N2CCC3(CC2)OCCO3)c([N+](=O)[O-])c1. The molecule has 1 aromatic carbocycles. The van der Waals surface area contributed by atoms with Gasteiger partial charge in [-0.25, -0.2) is 0 Å². The van der Waals surface area contributed by atoms with Crippen LogP contribution in [-0.2, 0) is 9.47 Å². The summed E-state index contributed by atoms with van der Waals surface area (Å²) in [5.41, 5.74) is 5.69. The summed E-state index contributed by atoms with van der Waals surface area (Å²) in [4.78, 5) is 23.9. The van der Waals surface area contributed by atoms with E-state index in [4.69, 9.17) is 15.2 Å². The first-order valence-electron chi connectivity index (χ1n) is 7.12. The van der Waals surface area contributed by atoms with E-state index in [1.807, 2.05) is 4.90 Å². The molecule has 2 saturated heterocycles. The minimum absolute atomic E-state index is 0.111. The number of carbonyl (C=O) groups excluding carboxylic acids is 1. The molecule has 0 bridgehead atoms. The van der Waals surface area contributed by atoms with Crippen molar-refractivity contribution in [3.63, 3.8) is 0 Å². The Hall–Kier alpha value is -2.19. The number of primary amides is 1. The van der Waals surface area contributed by atoms with Gasteiger partial charge in [0.15, 0.2) is 5.79 Å². The smallest absolute Gasteiger partial charge is 0.293 e. The first kappa shape index (κ1) is 14.7. The van der Waals surface area contributed by atoms with Gasteiger partial charge >= 0.3 is 0 Å². The number of amides is 1. The lowest BCUT2D eigenvalue weighted by atomic mass is 10.0. The lowest BCUT2D eigenvalue weighted by molar-refractivity contribution is -0.384. The lowest BCUT2D eigenvalue weighted by Gasteiger charge is -2.38.